The average molecular weight is 381 g/mol. The van der Waals surface area contributed by atoms with E-state index >= 15 is 0 Å². The molecule has 0 unspecified atom stereocenters. The van der Waals surface area contributed by atoms with E-state index < -0.39 is 40.0 Å². The van der Waals surface area contributed by atoms with Gasteiger partial charge in [0.15, 0.2) is 0 Å². The Morgan fingerprint density at radius 1 is 1.19 bits per heavy atom. The summed E-state index contributed by atoms with van der Waals surface area (Å²) in [4.78, 5) is 22.1. The van der Waals surface area contributed by atoms with Crippen molar-refractivity contribution < 1.29 is 22.9 Å². The van der Waals surface area contributed by atoms with Crippen molar-refractivity contribution in [2.45, 2.75) is 32.5 Å². The van der Waals surface area contributed by atoms with Gasteiger partial charge >= 0.3 is 6.18 Å². The van der Waals surface area contributed by atoms with Crippen molar-refractivity contribution in [3.63, 3.8) is 0 Å². The monoisotopic (exact) mass is 381 g/mol. The zero-order valence-electron chi connectivity index (χ0n) is 14.6. The Hall–Kier alpha value is -3.10. The number of hydrogen-bond acceptors (Lipinski definition) is 4. The van der Waals surface area contributed by atoms with Gasteiger partial charge in [-0.3, -0.25) is 14.9 Å². The van der Waals surface area contributed by atoms with Gasteiger partial charge < -0.3 is 10.6 Å². The fourth-order valence-corrected chi connectivity index (χ4v) is 2.50. The van der Waals surface area contributed by atoms with Crippen molar-refractivity contribution >= 4 is 23.0 Å². The Balaban J connectivity index is 2.23. The summed E-state index contributed by atoms with van der Waals surface area (Å²) in [5.41, 5.74) is -0.837. The van der Waals surface area contributed by atoms with E-state index in [2.05, 4.69) is 10.6 Å². The number of non-ortho nitro benzene ring substituents is 1. The van der Waals surface area contributed by atoms with E-state index in [9.17, 15) is 28.1 Å². The van der Waals surface area contributed by atoms with Gasteiger partial charge in [-0.25, -0.2) is 0 Å². The number of rotatable bonds is 6. The third-order valence-corrected chi connectivity index (χ3v) is 3.94. The lowest BCUT2D eigenvalue weighted by molar-refractivity contribution is -0.385. The molecular weight excluding hydrogens is 363 g/mol. The van der Waals surface area contributed by atoms with Crippen LogP contribution in [0.15, 0.2) is 42.5 Å². The van der Waals surface area contributed by atoms with E-state index in [1.807, 2.05) is 19.1 Å². The summed E-state index contributed by atoms with van der Waals surface area (Å²) in [6.45, 7) is 3.46. The maximum atomic E-state index is 13.2. The molecule has 0 heterocycles. The first-order valence-electron chi connectivity index (χ1n) is 8.14. The Kier molecular flexibility index (Phi) is 6.04. The number of halogens is 3. The van der Waals surface area contributed by atoms with Gasteiger partial charge in [-0.05, 0) is 31.0 Å². The van der Waals surface area contributed by atoms with Crippen LogP contribution in [0.5, 0.6) is 0 Å². The molecule has 0 bridgehead atoms. The van der Waals surface area contributed by atoms with Crippen molar-refractivity contribution in [3.05, 3.63) is 63.7 Å². The highest BCUT2D eigenvalue weighted by Gasteiger charge is 2.36. The van der Waals surface area contributed by atoms with Crippen LogP contribution in [0.1, 0.15) is 25.0 Å². The quantitative estimate of drug-likeness (QED) is 0.565. The number of nitro groups is 1. The lowest BCUT2D eigenvalue weighted by Gasteiger charge is -2.19. The number of nitro benzene ring substituents is 1. The first-order chi connectivity index (χ1) is 12.6. The highest BCUT2D eigenvalue weighted by molar-refractivity contribution is 5.97. The summed E-state index contributed by atoms with van der Waals surface area (Å²) in [6.07, 6.45) is -4.13. The van der Waals surface area contributed by atoms with Gasteiger partial charge in [0.25, 0.3) is 5.69 Å². The molecule has 1 atom stereocenters. The van der Waals surface area contributed by atoms with Gasteiger partial charge in [0.1, 0.15) is 6.04 Å². The number of nitrogens with zero attached hydrogens (tertiary/aromatic N) is 1. The summed E-state index contributed by atoms with van der Waals surface area (Å²) in [6, 6.07) is 8.65. The third-order valence-electron chi connectivity index (χ3n) is 3.94. The number of hydrogen-bond donors (Lipinski definition) is 2. The minimum Gasteiger partial charge on any atom is -0.374 e. The molecule has 27 heavy (non-hydrogen) atoms. The molecule has 1 amide bonds. The summed E-state index contributed by atoms with van der Waals surface area (Å²) < 4.78 is 39.6. The zero-order chi connectivity index (χ0) is 20.2. The fraction of sp³-hybridized carbons (Fsp3) is 0.278. The minimum atomic E-state index is -4.85. The number of aryl methyl sites for hydroxylation is 1. The summed E-state index contributed by atoms with van der Waals surface area (Å²) in [5.74, 6) is -0.694. The number of carbonyl (C=O) groups excluding carboxylic acids is 1. The van der Waals surface area contributed by atoms with Crippen LogP contribution in [0.3, 0.4) is 0 Å². The van der Waals surface area contributed by atoms with E-state index in [4.69, 9.17) is 0 Å². The second kappa shape index (κ2) is 8.07. The SMILES string of the molecule is CCc1ccccc1N[C@@H](C)C(=O)Nc1ccc([N+](=O)[O-])cc1C(F)(F)F. The zero-order valence-corrected chi connectivity index (χ0v) is 14.6. The number of anilines is 2. The maximum Gasteiger partial charge on any atom is 0.418 e. The molecule has 0 radical (unpaired) electrons. The molecule has 2 aromatic rings. The summed E-state index contributed by atoms with van der Waals surface area (Å²) >= 11 is 0. The molecule has 6 nitrogen and oxygen atoms in total. The first kappa shape index (κ1) is 20.2. The Morgan fingerprint density at radius 2 is 1.85 bits per heavy atom. The molecule has 0 saturated carbocycles. The third kappa shape index (κ3) is 4.96. The number of para-hydroxylation sites is 1. The highest BCUT2D eigenvalue weighted by Crippen LogP contribution is 2.37. The second-order valence-electron chi connectivity index (χ2n) is 5.85. The average Bonchev–Trinajstić information content (AvgIpc) is 2.61. The van der Waals surface area contributed by atoms with Crippen LogP contribution in [0.4, 0.5) is 30.2 Å². The van der Waals surface area contributed by atoms with Crippen molar-refractivity contribution in [1.29, 1.82) is 0 Å². The molecular formula is C18H18F3N3O3. The number of amides is 1. The largest absolute Gasteiger partial charge is 0.418 e. The molecule has 0 saturated heterocycles. The maximum absolute atomic E-state index is 13.2. The smallest absolute Gasteiger partial charge is 0.374 e. The number of nitrogens with one attached hydrogen (secondary N) is 2. The standard InChI is InChI=1S/C18H18F3N3O3/c1-3-12-6-4-5-7-15(12)22-11(2)17(25)23-16-9-8-13(24(26)27)10-14(16)18(19,20)21/h4-11,22H,3H2,1-2H3,(H,23,25)/t11-/m0/s1. The molecule has 0 aliphatic heterocycles. The van der Waals surface area contributed by atoms with Gasteiger partial charge in [0.05, 0.1) is 16.2 Å². The second-order valence-corrected chi connectivity index (χ2v) is 5.85. The van der Waals surface area contributed by atoms with Gasteiger partial charge in [-0.1, -0.05) is 25.1 Å². The first-order valence-corrected chi connectivity index (χ1v) is 8.14. The van der Waals surface area contributed by atoms with Crippen LogP contribution in [-0.2, 0) is 17.4 Å². The van der Waals surface area contributed by atoms with Gasteiger partial charge in [-0.2, -0.15) is 13.2 Å². The lowest BCUT2D eigenvalue weighted by Crippen LogP contribution is -2.33. The molecule has 9 heteroatoms. The normalized spacial score (nSPS) is 12.3. The highest BCUT2D eigenvalue weighted by atomic mass is 19.4. The van der Waals surface area contributed by atoms with Crippen LogP contribution in [0, 0.1) is 10.1 Å². The molecule has 0 spiro atoms. The van der Waals surface area contributed by atoms with E-state index in [0.29, 0.717) is 11.8 Å². The summed E-state index contributed by atoms with van der Waals surface area (Å²) in [5, 5.41) is 15.9. The molecule has 2 aromatic carbocycles. The number of benzene rings is 2. The molecule has 2 N–H and O–H groups in total. The predicted molar refractivity (Wildman–Crippen MR) is 95.6 cm³/mol. The molecule has 0 aliphatic carbocycles. The molecule has 0 aliphatic rings. The van der Waals surface area contributed by atoms with Crippen LogP contribution in [0.2, 0.25) is 0 Å². The van der Waals surface area contributed by atoms with Gasteiger partial charge in [0, 0.05) is 17.8 Å². The molecule has 144 valence electrons. The Bertz CT molecular complexity index is 853. The Labute approximate surface area is 153 Å². The van der Waals surface area contributed by atoms with Gasteiger partial charge in [-0.15, -0.1) is 0 Å². The fourth-order valence-electron chi connectivity index (χ4n) is 2.50. The number of alkyl halides is 3. The molecule has 0 fully saturated rings. The van der Waals surface area contributed by atoms with Crippen molar-refractivity contribution in [3.8, 4) is 0 Å². The number of carbonyl (C=O) groups is 1. The lowest BCUT2D eigenvalue weighted by atomic mass is 10.1. The van der Waals surface area contributed by atoms with E-state index in [-0.39, 0.29) is 0 Å². The van der Waals surface area contributed by atoms with Crippen molar-refractivity contribution in [2.75, 3.05) is 10.6 Å². The van der Waals surface area contributed by atoms with Crippen molar-refractivity contribution in [1.82, 2.24) is 0 Å². The molecule has 0 aromatic heterocycles. The van der Waals surface area contributed by atoms with Gasteiger partial charge in [0.2, 0.25) is 5.91 Å². The topological polar surface area (TPSA) is 84.3 Å². The van der Waals surface area contributed by atoms with E-state index in [1.165, 1.54) is 6.92 Å². The van der Waals surface area contributed by atoms with E-state index in [1.54, 1.807) is 12.1 Å². The van der Waals surface area contributed by atoms with Crippen LogP contribution >= 0.6 is 0 Å². The Morgan fingerprint density at radius 3 is 2.44 bits per heavy atom. The predicted octanol–water partition coefficient (Wildman–Crippen LogP) is 4.62. The van der Waals surface area contributed by atoms with E-state index in [0.717, 1.165) is 24.1 Å². The van der Waals surface area contributed by atoms with Crippen molar-refractivity contribution in [2.24, 2.45) is 0 Å². The summed E-state index contributed by atoms with van der Waals surface area (Å²) in [7, 11) is 0. The minimum absolute atomic E-state index is 0.403. The van der Waals surface area contributed by atoms with Crippen LogP contribution < -0.4 is 10.6 Å². The van der Waals surface area contributed by atoms with Crippen LogP contribution in [0.25, 0.3) is 0 Å². The molecule has 2 rings (SSSR count). The van der Waals surface area contributed by atoms with Crippen LogP contribution in [-0.4, -0.2) is 16.9 Å².